The first kappa shape index (κ1) is 15.1. The van der Waals surface area contributed by atoms with Crippen LogP contribution in [0.15, 0.2) is 41.4 Å². The molecule has 2 heteroatoms. The Morgan fingerprint density at radius 3 is 2.07 bits per heavy atom. The Kier molecular flexibility index (Phi) is 12.4. The second-order valence-electron chi connectivity index (χ2n) is 2.38. The molecule has 0 rings (SSSR count). The van der Waals surface area contributed by atoms with Crippen molar-refractivity contribution in [1.29, 1.82) is 5.41 Å². The molecule has 0 bridgehead atoms. The molecule has 0 radical (unpaired) electrons. The highest BCUT2D eigenvalue weighted by Crippen LogP contribution is 1.99. The van der Waals surface area contributed by atoms with Crippen LogP contribution in [0.5, 0.6) is 0 Å². The quantitative estimate of drug-likeness (QED) is 0.523. The van der Waals surface area contributed by atoms with E-state index < -0.39 is 0 Å². The molecule has 0 aliphatic rings. The lowest BCUT2D eigenvalue weighted by molar-refractivity contribution is 1.13. The van der Waals surface area contributed by atoms with E-state index in [0.29, 0.717) is 0 Å². The normalized spacial score (nSPS) is 11.5. The van der Waals surface area contributed by atoms with Crippen molar-refractivity contribution in [3.05, 3.63) is 36.5 Å². The van der Waals surface area contributed by atoms with E-state index in [1.807, 2.05) is 45.1 Å². The van der Waals surface area contributed by atoms with Crippen LogP contribution in [0.4, 0.5) is 0 Å². The summed E-state index contributed by atoms with van der Waals surface area (Å²) in [6.45, 7) is 13.2. The van der Waals surface area contributed by atoms with Crippen LogP contribution in [0, 0.1) is 5.41 Å². The maximum atomic E-state index is 5.50. The monoisotopic (exact) mass is 192 g/mol. The van der Waals surface area contributed by atoms with Gasteiger partial charge in [-0.15, -0.1) is 0 Å². The van der Waals surface area contributed by atoms with Gasteiger partial charge in [-0.1, -0.05) is 24.8 Å². The zero-order chi connectivity index (χ0) is 11.4. The molecule has 0 aliphatic heterocycles. The van der Waals surface area contributed by atoms with Crippen molar-refractivity contribution in [2.45, 2.75) is 20.8 Å². The summed E-state index contributed by atoms with van der Waals surface area (Å²) in [7, 11) is 0. The van der Waals surface area contributed by atoms with Crippen molar-refractivity contribution in [2.75, 3.05) is 6.54 Å². The van der Waals surface area contributed by atoms with Gasteiger partial charge in [-0.3, -0.25) is 4.99 Å². The molecule has 2 nitrogen and oxygen atoms in total. The van der Waals surface area contributed by atoms with E-state index in [1.54, 1.807) is 0 Å². The van der Waals surface area contributed by atoms with E-state index in [2.05, 4.69) is 18.3 Å². The van der Waals surface area contributed by atoms with Crippen molar-refractivity contribution in [1.82, 2.24) is 0 Å². The molecule has 14 heavy (non-hydrogen) atoms. The topological polar surface area (TPSA) is 36.2 Å². The summed E-state index contributed by atoms with van der Waals surface area (Å²) < 4.78 is 0. The highest BCUT2D eigenvalue weighted by Gasteiger charge is 1.93. The van der Waals surface area contributed by atoms with Crippen LogP contribution in [-0.2, 0) is 0 Å². The Balaban J connectivity index is 0. The molecule has 0 atom stereocenters. The number of nitrogens with zero attached hydrogens (tertiary/aromatic N) is 1. The minimum Gasteiger partial charge on any atom is -0.317 e. The third-order valence-corrected chi connectivity index (χ3v) is 1.35. The molecule has 0 saturated carbocycles. The number of aliphatic imine (C=N–C) groups is 1. The van der Waals surface area contributed by atoms with E-state index in [1.165, 1.54) is 0 Å². The van der Waals surface area contributed by atoms with Crippen LogP contribution in [0.25, 0.3) is 0 Å². The summed E-state index contributed by atoms with van der Waals surface area (Å²) in [5, 5.41) is 5.50. The highest BCUT2D eigenvalue weighted by atomic mass is 14.7. The lowest BCUT2D eigenvalue weighted by Gasteiger charge is -1.98. The number of hydrogen-bond acceptors (Lipinski definition) is 2. The minimum atomic E-state index is 0.802. The molecule has 0 heterocycles. The number of hydrogen-bond donors (Lipinski definition) is 1. The molecular weight excluding hydrogens is 172 g/mol. The van der Waals surface area contributed by atoms with E-state index >= 15 is 0 Å². The molecule has 0 fully saturated rings. The summed E-state index contributed by atoms with van der Waals surface area (Å²) in [6.07, 6.45) is 7.89. The lowest BCUT2D eigenvalue weighted by Crippen LogP contribution is -1.96. The maximum Gasteiger partial charge on any atom is 0.0637 e. The van der Waals surface area contributed by atoms with Gasteiger partial charge in [0.1, 0.15) is 0 Å². The highest BCUT2D eigenvalue weighted by molar-refractivity contribution is 6.09. The van der Waals surface area contributed by atoms with Gasteiger partial charge >= 0.3 is 0 Å². The van der Waals surface area contributed by atoms with Gasteiger partial charge in [-0.2, -0.15) is 0 Å². The molecule has 0 unspecified atom stereocenters. The lowest BCUT2D eigenvalue weighted by atomic mass is 10.1. The van der Waals surface area contributed by atoms with Gasteiger partial charge in [-0.25, -0.2) is 0 Å². The summed E-state index contributed by atoms with van der Waals surface area (Å²) in [4.78, 5) is 4.31. The van der Waals surface area contributed by atoms with Gasteiger partial charge in [0, 0.05) is 6.54 Å². The number of rotatable bonds is 4. The van der Waals surface area contributed by atoms with E-state index in [4.69, 9.17) is 5.41 Å². The standard InChI is InChI=1S/C11H17N.CH3N/c1-5-8-10(4)11(9-6-2)12-7-3;1-2/h5-6,8-9H,4,7H2,1-3H3;2H,1H2/b8-5+,9-6-,12-11?;. The maximum absolute atomic E-state index is 5.50. The minimum absolute atomic E-state index is 0.802. The molecule has 0 aromatic carbocycles. The SMILES string of the molecule is C=C(/C=C/C)C(/C=C\C)=NCC.C=N. The number of nitrogens with one attached hydrogen (secondary N) is 1. The van der Waals surface area contributed by atoms with Gasteiger partial charge < -0.3 is 5.41 Å². The predicted molar refractivity (Wildman–Crippen MR) is 66.6 cm³/mol. The molecule has 0 saturated heterocycles. The zero-order valence-electron chi connectivity index (χ0n) is 9.38. The Labute approximate surface area is 87.3 Å². The Morgan fingerprint density at radius 2 is 1.71 bits per heavy atom. The smallest absolute Gasteiger partial charge is 0.0637 e. The summed E-state index contributed by atoms with van der Waals surface area (Å²) in [5.41, 5.74) is 1.94. The first-order valence-corrected chi connectivity index (χ1v) is 4.60. The fourth-order valence-electron chi connectivity index (χ4n) is 0.876. The molecule has 1 N–H and O–H groups in total. The second kappa shape index (κ2) is 11.6. The third kappa shape index (κ3) is 7.22. The average Bonchev–Trinajstić information content (AvgIpc) is 2.21. The molecule has 0 aromatic rings. The number of allylic oxidation sites excluding steroid dienone is 5. The van der Waals surface area contributed by atoms with Gasteiger partial charge in [0.15, 0.2) is 0 Å². The second-order valence-corrected chi connectivity index (χ2v) is 2.38. The van der Waals surface area contributed by atoms with Crippen LogP contribution in [-0.4, -0.2) is 19.0 Å². The van der Waals surface area contributed by atoms with Gasteiger partial charge in [0.2, 0.25) is 0 Å². The molecule has 0 spiro atoms. The fourth-order valence-corrected chi connectivity index (χ4v) is 0.876. The molecular formula is C12H20N2. The van der Waals surface area contributed by atoms with Crippen molar-refractivity contribution in [2.24, 2.45) is 4.99 Å². The Hall–Kier alpha value is -1.44. The van der Waals surface area contributed by atoms with Crippen LogP contribution >= 0.6 is 0 Å². The van der Waals surface area contributed by atoms with Crippen molar-refractivity contribution < 1.29 is 0 Å². The third-order valence-electron chi connectivity index (χ3n) is 1.35. The van der Waals surface area contributed by atoms with Crippen LogP contribution < -0.4 is 0 Å². The Bertz CT molecular complexity index is 235. The first-order valence-electron chi connectivity index (χ1n) is 4.60. The van der Waals surface area contributed by atoms with Gasteiger partial charge in [0.25, 0.3) is 0 Å². The molecule has 0 aliphatic carbocycles. The molecule has 0 aromatic heterocycles. The van der Waals surface area contributed by atoms with E-state index in [-0.39, 0.29) is 0 Å². The van der Waals surface area contributed by atoms with Crippen molar-refractivity contribution >= 4 is 12.4 Å². The van der Waals surface area contributed by atoms with Crippen LogP contribution in [0.2, 0.25) is 0 Å². The zero-order valence-corrected chi connectivity index (χ0v) is 9.38. The van der Waals surface area contributed by atoms with Gasteiger partial charge in [0.05, 0.1) is 5.71 Å². The van der Waals surface area contributed by atoms with Crippen LogP contribution in [0.1, 0.15) is 20.8 Å². The van der Waals surface area contributed by atoms with Crippen molar-refractivity contribution in [3.63, 3.8) is 0 Å². The van der Waals surface area contributed by atoms with Gasteiger partial charge in [-0.05, 0) is 39.1 Å². The van der Waals surface area contributed by atoms with E-state index in [9.17, 15) is 0 Å². The van der Waals surface area contributed by atoms with Crippen molar-refractivity contribution in [3.8, 4) is 0 Å². The largest absolute Gasteiger partial charge is 0.317 e. The summed E-state index contributed by atoms with van der Waals surface area (Å²) in [5.74, 6) is 0. The van der Waals surface area contributed by atoms with E-state index in [0.717, 1.165) is 17.8 Å². The molecule has 0 amide bonds. The predicted octanol–water partition coefficient (Wildman–Crippen LogP) is 3.42. The Morgan fingerprint density at radius 1 is 1.21 bits per heavy atom. The summed E-state index contributed by atoms with van der Waals surface area (Å²) in [6, 6.07) is 0. The van der Waals surface area contributed by atoms with Crippen LogP contribution in [0.3, 0.4) is 0 Å². The fraction of sp³-hybridized carbons (Fsp3) is 0.333. The summed E-state index contributed by atoms with van der Waals surface area (Å²) >= 11 is 0. The first-order chi connectivity index (χ1) is 6.76. The average molecular weight is 192 g/mol. The molecule has 78 valence electrons.